The average Bonchev–Trinajstić information content (AvgIpc) is 3.50. The number of nitrogens with one attached hydrogen (secondary N) is 3. The number of benzene rings is 1. The molecule has 0 radical (unpaired) electrons. The molecule has 0 heterocycles. The van der Waals surface area contributed by atoms with Crippen molar-refractivity contribution in [1.29, 1.82) is 0 Å². The van der Waals surface area contributed by atoms with Gasteiger partial charge in [-0.15, -0.1) is 0 Å². The molecule has 156 valence electrons. The van der Waals surface area contributed by atoms with Gasteiger partial charge in [0.15, 0.2) is 5.96 Å². The molecule has 1 aliphatic carbocycles. The smallest absolute Gasteiger partial charge is 0.270 e. The van der Waals surface area contributed by atoms with Crippen LogP contribution in [0.25, 0.3) is 0 Å². The summed E-state index contributed by atoms with van der Waals surface area (Å²) in [6.07, 6.45) is 3.41. The SMILES string of the molecule is CN=C(NCCCOCC1CC1)NCCNS(=O)(=O)c1cccc([N+](=O)[O-])c1. The number of guanidine groups is 1. The highest BCUT2D eigenvalue weighted by Gasteiger charge is 2.20. The Kier molecular flexibility index (Phi) is 8.61. The molecular weight excluding hydrogens is 386 g/mol. The van der Waals surface area contributed by atoms with Crippen LogP contribution in [0.5, 0.6) is 0 Å². The molecule has 0 spiro atoms. The summed E-state index contributed by atoms with van der Waals surface area (Å²) in [5.41, 5.74) is -0.272. The molecular formula is C17H27N5O5S. The van der Waals surface area contributed by atoms with Gasteiger partial charge in [0.2, 0.25) is 10.0 Å². The fourth-order valence-electron chi connectivity index (χ4n) is 2.35. The zero-order chi connectivity index (χ0) is 20.4. The van der Waals surface area contributed by atoms with Gasteiger partial charge in [0, 0.05) is 52.0 Å². The molecule has 11 heteroatoms. The molecule has 1 fully saturated rings. The minimum absolute atomic E-state index is 0.107. The molecule has 0 amide bonds. The van der Waals surface area contributed by atoms with E-state index >= 15 is 0 Å². The molecule has 1 saturated carbocycles. The van der Waals surface area contributed by atoms with Gasteiger partial charge in [-0.25, -0.2) is 13.1 Å². The van der Waals surface area contributed by atoms with E-state index in [0.717, 1.165) is 25.0 Å². The highest BCUT2D eigenvalue weighted by atomic mass is 32.2. The maximum atomic E-state index is 12.2. The van der Waals surface area contributed by atoms with Crippen LogP contribution in [0.4, 0.5) is 5.69 Å². The maximum absolute atomic E-state index is 12.2. The quantitative estimate of drug-likeness (QED) is 0.152. The van der Waals surface area contributed by atoms with Crippen LogP contribution in [0, 0.1) is 16.0 Å². The molecule has 0 saturated heterocycles. The highest BCUT2D eigenvalue weighted by Crippen LogP contribution is 2.28. The Balaban J connectivity index is 1.65. The van der Waals surface area contributed by atoms with Gasteiger partial charge in [-0.05, 0) is 31.2 Å². The van der Waals surface area contributed by atoms with Gasteiger partial charge in [-0.3, -0.25) is 15.1 Å². The van der Waals surface area contributed by atoms with E-state index in [0.29, 0.717) is 25.7 Å². The third kappa shape index (κ3) is 7.79. The second-order valence-corrected chi connectivity index (χ2v) is 8.22. The lowest BCUT2D eigenvalue weighted by Gasteiger charge is -2.12. The van der Waals surface area contributed by atoms with E-state index < -0.39 is 14.9 Å². The molecule has 0 atom stereocenters. The summed E-state index contributed by atoms with van der Waals surface area (Å²) in [5, 5.41) is 16.9. The molecule has 1 aliphatic rings. The Labute approximate surface area is 165 Å². The number of hydrogen-bond donors (Lipinski definition) is 3. The summed E-state index contributed by atoms with van der Waals surface area (Å²) in [7, 11) is -2.19. The predicted molar refractivity (Wildman–Crippen MR) is 106 cm³/mol. The zero-order valence-electron chi connectivity index (χ0n) is 15.9. The van der Waals surface area contributed by atoms with Crippen molar-refractivity contribution in [3.05, 3.63) is 34.4 Å². The van der Waals surface area contributed by atoms with E-state index in [1.165, 1.54) is 31.0 Å². The summed E-state index contributed by atoms with van der Waals surface area (Å²) < 4.78 is 32.4. The zero-order valence-corrected chi connectivity index (χ0v) is 16.7. The molecule has 0 bridgehead atoms. The first-order valence-corrected chi connectivity index (χ1v) is 10.7. The van der Waals surface area contributed by atoms with Crippen LogP contribution >= 0.6 is 0 Å². The number of hydrogen-bond acceptors (Lipinski definition) is 6. The number of sulfonamides is 1. The maximum Gasteiger partial charge on any atom is 0.270 e. The van der Waals surface area contributed by atoms with Crippen LogP contribution in [0.2, 0.25) is 0 Å². The average molecular weight is 414 g/mol. The number of non-ortho nitro benzene ring substituents is 1. The number of nitro groups is 1. The Bertz CT molecular complexity index is 780. The van der Waals surface area contributed by atoms with Crippen molar-refractivity contribution >= 4 is 21.7 Å². The van der Waals surface area contributed by atoms with Gasteiger partial charge in [-0.2, -0.15) is 0 Å². The standard InChI is InChI=1S/C17H27N5O5S/c1-18-17(19-8-3-11-27-13-14-6-7-14)20-9-10-21-28(25,26)16-5-2-4-15(12-16)22(23)24/h2,4-5,12,14,21H,3,6-11,13H2,1H3,(H2,18,19,20). The molecule has 2 rings (SSSR count). The van der Waals surface area contributed by atoms with E-state index in [9.17, 15) is 18.5 Å². The number of aliphatic imine (C=N–C) groups is 1. The second kappa shape index (κ2) is 10.9. The highest BCUT2D eigenvalue weighted by molar-refractivity contribution is 7.89. The second-order valence-electron chi connectivity index (χ2n) is 6.45. The van der Waals surface area contributed by atoms with E-state index in [1.807, 2.05) is 0 Å². The molecule has 3 N–H and O–H groups in total. The van der Waals surface area contributed by atoms with E-state index in [-0.39, 0.29) is 17.1 Å². The van der Waals surface area contributed by atoms with Gasteiger partial charge in [-0.1, -0.05) is 6.07 Å². The summed E-state index contributed by atoms with van der Waals surface area (Å²) in [4.78, 5) is 14.1. The van der Waals surface area contributed by atoms with Crippen LogP contribution in [0.1, 0.15) is 19.3 Å². The molecule has 0 aliphatic heterocycles. The summed E-state index contributed by atoms with van der Waals surface area (Å²) in [6, 6.07) is 4.92. The van der Waals surface area contributed by atoms with Crippen molar-refractivity contribution in [2.24, 2.45) is 10.9 Å². The molecule has 10 nitrogen and oxygen atoms in total. The third-order valence-corrected chi connectivity index (χ3v) is 5.54. The summed E-state index contributed by atoms with van der Waals surface area (Å²) in [5.74, 6) is 1.32. The van der Waals surface area contributed by atoms with Crippen LogP contribution in [0.15, 0.2) is 34.2 Å². The Morgan fingerprint density at radius 1 is 1.29 bits per heavy atom. The molecule has 1 aromatic carbocycles. The fraction of sp³-hybridized carbons (Fsp3) is 0.588. The molecule has 0 aromatic heterocycles. The predicted octanol–water partition coefficient (Wildman–Crippen LogP) is 0.855. The summed E-state index contributed by atoms with van der Waals surface area (Å²) >= 11 is 0. The third-order valence-electron chi connectivity index (χ3n) is 4.08. The van der Waals surface area contributed by atoms with Crippen molar-refractivity contribution in [3.8, 4) is 0 Å². The number of ether oxygens (including phenoxy) is 1. The minimum atomic E-state index is -3.82. The van der Waals surface area contributed by atoms with Gasteiger partial charge in [0.05, 0.1) is 9.82 Å². The van der Waals surface area contributed by atoms with Crippen LogP contribution < -0.4 is 15.4 Å². The van der Waals surface area contributed by atoms with E-state index in [4.69, 9.17) is 4.74 Å². The first kappa shape index (κ1) is 22.1. The van der Waals surface area contributed by atoms with E-state index in [1.54, 1.807) is 7.05 Å². The van der Waals surface area contributed by atoms with Gasteiger partial charge >= 0.3 is 0 Å². The largest absolute Gasteiger partial charge is 0.381 e. The Morgan fingerprint density at radius 3 is 2.71 bits per heavy atom. The van der Waals surface area contributed by atoms with Crippen molar-refractivity contribution in [2.45, 2.75) is 24.2 Å². The lowest BCUT2D eigenvalue weighted by atomic mass is 10.3. The van der Waals surface area contributed by atoms with Crippen LogP contribution in [-0.2, 0) is 14.8 Å². The topological polar surface area (TPSA) is 135 Å². The first-order valence-electron chi connectivity index (χ1n) is 9.19. The normalized spacial score (nSPS) is 14.7. The van der Waals surface area contributed by atoms with Crippen molar-refractivity contribution in [3.63, 3.8) is 0 Å². The summed E-state index contributed by atoms with van der Waals surface area (Å²) in [6.45, 7) is 2.66. The molecule has 1 aromatic rings. The van der Waals surface area contributed by atoms with Crippen molar-refractivity contribution in [2.75, 3.05) is 39.9 Å². The molecule has 28 heavy (non-hydrogen) atoms. The first-order chi connectivity index (χ1) is 13.4. The van der Waals surface area contributed by atoms with E-state index in [2.05, 4.69) is 20.3 Å². The van der Waals surface area contributed by atoms with Crippen LogP contribution in [0.3, 0.4) is 0 Å². The Hall–Kier alpha value is -2.24. The van der Waals surface area contributed by atoms with Crippen molar-refractivity contribution < 1.29 is 18.1 Å². The number of nitrogens with zero attached hydrogens (tertiary/aromatic N) is 2. The van der Waals surface area contributed by atoms with Crippen molar-refractivity contribution in [1.82, 2.24) is 15.4 Å². The minimum Gasteiger partial charge on any atom is -0.381 e. The van der Waals surface area contributed by atoms with Gasteiger partial charge in [0.25, 0.3) is 5.69 Å². The van der Waals surface area contributed by atoms with Gasteiger partial charge < -0.3 is 15.4 Å². The number of nitro benzene ring substituents is 1. The fourth-order valence-corrected chi connectivity index (χ4v) is 3.42. The van der Waals surface area contributed by atoms with Crippen LogP contribution in [-0.4, -0.2) is 59.2 Å². The lowest BCUT2D eigenvalue weighted by molar-refractivity contribution is -0.385. The lowest BCUT2D eigenvalue weighted by Crippen LogP contribution is -2.42. The van der Waals surface area contributed by atoms with Gasteiger partial charge in [0.1, 0.15) is 0 Å². The monoisotopic (exact) mass is 413 g/mol. The molecule has 0 unspecified atom stereocenters. The number of rotatable bonds is 12. The Morgan fingerprint density at radius 2 is 2.04 bits per heavy atom.